The summed E-state index contributed by atoms with van der Waals surface area (Å²) in [4.78, 5) is 51.9. The highest BCUT2D eigenvalue weighted by atomic mass is 35.5. The van der Waals surface area contributed by atoms with Gasteiger partial charge in [0.05, 0.1) is 46.5 Å². The summed E-state index contributed by atoms with van der Waals surface area (Å²) in [6.45, 7) is 0.298. The Morgan fingerprint density at radius 2 is 1.28 bits per heavy atom. The zero-order valence-corrected chi connectivity index (χ0v) is 26.3. The topological polar surface area (TPSA) is 110 Å². The zero-order chi connectivity index (χ0) is 31.7. The van der Waals surface area contributed by atoms with Crippen LogP contribution in [0, 0.1) is 0 Å². The van der Waals surface area contributed by atoms with Gasteiger partial charge in [0, 0.05) is 31.8 Å². The second-order valence-corrected chi connectivity index (χ2v) is 11.5. The van der Waals surface area contributed by atoms with Crippen molar-refractivity contribution in [3.63, 3.8) is 0 Å². The van der Waals surface area contributed by atoms with E-state index in [1.54, 1.807) is 44.5 Å². The lowest BCUT2D eigenvalue weighted by molar-refractivity contribution is -0.160. The Labute approximate surface area is 269 Å². The normalized spacial score (nSPS) is 12.2. The lowest BCUT2D eigenvalue weighted by atomic mass is 9.91. The van der Waals surface area contributed by atoms with E-state index in [4.69, 9.17) is 55.9 Å². The fourth-order valence-corrected chi connectivity index (χ4v) is 5.08. The van der Waals surface area contributed by atoms with Crippen LogP contribution in [0.3, 0.4) is 0 Å². The number of carboxylic acid groups (broad SMARTS) is 1. The molecular weight excluding hydrogens is 640 g/mol. The molecule has 0 aliphatic rings. The van der Waals surface area contributed by atoms with Crippen LogP contribution < -0.4 is 4.74 Å². The van der Waals surface area contributed by atoms with E-state index in [1.165, 1.54) is 17.0 Å². The van der Waals surface area contributed by atoms with Gasteiger partial charge < -0.3 is 19.5 Å². The highest BCUT2D eigenvalue weighted by Crippen LogP contribution is 2.33. The first kappa shape index (κ1) is 34.2. The molecule has 0 aliphatic heterocycles. The summed E-state index contributed by atoms with van der Waals surface area (Å²) in [5, 5.41) is 10.4. The number of carbonyl (C=O) groups excluding carboxylic acids is 3. The number of aliphatic carboxylic acids is 1. The number of amides is 1. The van der Waals surface area contributed by atoms with Gasteiger partial charge in [0.1, 0.15) is 5.75 Å². The van der Waals surface area contributed by atoms with Gasteiger partial charge in [0.25, 0.3) is 0 Å². The number of esters is 2. The van der Waals surface area contributed by atoms with E-state index in [2.05, 4.69) is 0 Å². The zero-order valence-electron chi connectivity index (χ0n) is 23.3. The van der Waals surface area contributed by atoms with Gasteiger partial charge >= 0.3 is 17.9 Å². The summed E-state index contributed by atoms with van der Waals surface area (Å²) >= 11 is 24.3. The quantitative estimate of drug-likeness (QED) is 0.148. The number of nitrogens with zero attached hydrogens (tertiary/aromatic N) is 1. The van der Waals surface area contributed by atoms with Gasteiger partial charge in [-0.3, -0.25) is 19.2 Å². The largest absolute Gasteiger partial charge is 0.497 e. The monoisotopic (exact) mass is 667 g/mol. The molecule has 0 radical (unpaired) electrons. The van der Waals surface area contributed by atoms with Crippen LogP contribution in [-0.2, 0) is 30.5 Å². The second kappa shape index (κ2) is 16.0. The Balaban J connectivity index is 1.73. The lowest BCUT2D eigenvalue weighted by Gasteiger charge is -2.22. The first-order valence-electron chi connectivity index (χ1n) is 13.1. The van der Waals surface area contributed by atoms with Crippen molar-refractivity contribution >= 4 is 70.2 Å². The van der Waals surface area contributed by atoms with E-state index in [9.17, 15) is 24.3 Å². The maximum absolute atomic E-state index is 13.2. The van der Waals surface area contributed by atoms with E-state index in [0.717, 1.165) is 5.56 Å². The van der Waals surface area contributed by atoms with Gasteiger partial charge in [0.2, 0.25) is 5.91 Å². The standard InChI is InChI=1S/C31H29Cl4NO7/c1-36(17-18-4-3-5-23(10-18)42-2)28(37)13-21(19-6-8-24(32)26(34)11-19)15-30(40)43-31(41)16-22(14-29(38)39)20-7-9-25(33)27(35)12-20/h3-12,21-22H,13-17H2,1-2H3,(H,38,39). The van der Waals surface area contributed by atoms with Crippen molar-refractivity contribution in [1.29, 1.82) is 0 Å². The number of benzene rings is 3. The lowest BCUT2D eigenvalue weighted by Crippen LogP contribution is -2.28. The Bertz CT molecular complexity index is 1500. The van der Waals surface area contributed by atoms with Crippen molar-refractivity contribution in [2.75, 3.05) is 14.2 Å². The summed E-state index contributed by atoms with van der Waals surface area (Å²) in [6.07, 6.45) is -1.21. The molecule has 0 saturated heterocycles. The van der Waals surface area contributed by atoms with Crippen LogP contribution in [0.2, 0.25) is 20.1 Å². The highest BCUT2D eigenvalue weighted by Gasteiger charge is 2.27. The summed E-state index contributed by atoms with van der Waals surface area (Å²) in [5.41, 5.74) is 1.87. The van der Waals surface area contributed by atoms with Crippen LogP contribution in [-0.4, -0.2) is 48.0 Å². The highest BCUT2D eigenvalue weighted by molar-refractivity contribution is 6.42. The predicted molar refractivity (Wildman–Crippen MR) is 165 cm³/mol. The van der Waals surface area contributed by atoms with E-state index < -0.39 is 42.6 Å². The Morgan fingerprint density at radius 1 is 0.744 bits per heavy atom. The van der Waals surface area contributed by atoms with E-state index in [0.29, 0.717) is 28.4 Å². The molecule has 0 spiro atoms. The third-order valence-corrected chi connectivity index (χ3v) is 8.18. The number of hydrogen-bond acceptors (Lipinski definition) is 6. The number of halogens is 4. The number of methoxy groups -OCH3 is 1. The minimum absolute atomic E-state index is 0.0906. The van der Waals surface area contributed by atoms with Crippen LogP contribution in [0.1, 0.15) is 54.2 Å². The molecule has 3 rings (SSSR count). The molecule has 12 heteroatoms. The SMILES string of the molecule is COc1cccc(CN(C)C(=O)CC(CC(=O)OC(=O)CC(CC(=O)O)c2ccc(Cl)c(Cl)c2)c2ccc(Cl)c(Cl)c2)c1. The summed E-state index contributed by atoms with van der Waals surface area (Å²) < 4.78 is 10.3. The molecule has 43 heavy (non-hydrogen) atoms. The second-order valence-electron chi connectivity index (χ2n) is 9.90. The molecule has 228 valence electrons. The molecule has 0 fully saturated rings. The average Bonchev–Trinajstić information content (AvgIpc) is 2.95. The molecule has 1 amide bonds. The number of hydrogen-bond donors (Lipinski definition) is 1. The number of carboxylic acids is 1. The molecule has 0 aromatic heterocycles. The minimum atomic E-state index is -1.15. The molecule has 2 unspecified atom stereocenters. The Kier molecular flexibility index (Phi) is 12.7. The number of ether oxygens (including phenoxy) is 2. The van der Waals surface area contributed by atoms with Crippen LogP contribution in [0.5, 0.6) is 5.75 Å². The minimum Gasteiger partial charge on any atom is -0.497 e. The fourth-order valence-electron chi connectivity index (χ4n) is 4.47. The Hall–Kier alpha value is -3.30. The fraction of sp³-hybridized carbons (Fsp3) is 0.290. The molecule has 3 aromatic rings. The van der Waals surface area contributed by atoms with Crippen molar-refractivity contribution < 1.29 is 33.8 Å². The number of rotatable bonds is 13. The summed E-state index contributed by atoms with van der Waals surface area (Å²) in [5.74, 6) is -4.07. The third-order valence-electron chi connectivity index (χ3n) is 6.71. The maximum Gasteiger partial charge on any atom is 0.314 e. The van der Waals surface area contributed by atoms with Crippen LogP contribution in [0.25, 0.3) is 0 Å². The molecule has 0 heterocycles. The van der Waals surface area contributed by atoms with Crippen LogP contribution >= 0.6 is 46.4 Å². The smallest absolute Gasteiger partial charge is 0.314 e. The predicted octanol–water partition coefficient (Wildman–Crippen LogP) is 7.55. The molecule has 8 nitrogen and oxygen atoms in total. The van der Waals surface area contributed by atoms with Crippen molar-refractivity contribution in [3.8, 4) is 5.75 Å². The van der Waals surface area contributed by atoms with Crippen molar-refractivity contribution in [3.05, 3.63) is 97.4 Å². The van der Waals surface area contributed by atoms with E-state index >= 15 is 0 Å². The van der Waals surface area contributed by atoms with Gasteiger partial charge in [-0.1, -0.05) is 70.7 Å². The van der Waals surface area contributed by atoms with E-state index in [1.807, 2.05) is 18.2 Å². The summed E-state index contributed by atoms with van der Waals surface area (Å²) in [7, 11) is 3.19. The van der Waals surface area contributed by atoms with Crippen molar-refractivity contribution in [1.82, 2.24) is 4.90 Å². The Morgan fingerprint density at radius 3 is 1.77 bits per heavy atom. The van der Waals surface area contributed by atoms with Gasteiger partial charge in [-0.2, -0.15) is 0 Å². The van der Waals surface area contributed by atoms with E-state index in [-0.39, 0.29) is 33.8 Å². The van der Waals surface area contributed by atoms with Gasteiger partial charge in [-0.25, -0.2) is 0 Å². The first-order valence-corrected chi connectivity index (χ1v) is 14.6. The molecular formula is C31H29Cl4NO7. The van der Waals surface area contributed by atoms with Crippen LogP contribution in [0.15, 0.2) is 60.7 Å². The number of carbonyl (C=O) groups is 4. The molecule has 0 aliphatic carbocycles. The summed E-state index contributed by atoms with van der Waals surface area (Å²) in [6, 6.07) is 16.6. The van der Waals surface area contributed by atoms with Gasteiger partial charge in [0.15, 0.2) is 0 Å². The maximum atomic E-state index is 13.2. The molecule has 0 saturated carbocycles. The molecule has 1 N–H and O–H groups in total. The third kappa shape index (κ3) is 10.4. The molecule has 0 bridgehead atoms. The molecule has 2 atom stereocenters. The van der Waals surface area contributed by atoms with Crippen molar-refractivity contribution in [2.24, 2.45) is 0 Å². The average molecular weight is 669 g/mol. The first-order chi connectivity index (χ1) is 20.4. The van der Waals surface area contributed by atoms with Crippen molar-refractivity contribution in [2.45, 2.75) is 44.1 Å². The van der Waals surface area contributed by atoms with Crippen LogP contribution in [0.4, 0.5) is 0 Å². The molecule has 3 aromatic carbocycles. The van der Waals surface area contributed by atoms with Gasteiger partial charge in [-0.15, -0.1) is 0 Å². The van der Waals surface area contributed by atoms with Gasteiger partial charge in [-0.05, 0) is 53.1 Å².